The molecule has 3 nitrogen and oxygen atoms in total. The van der Waals surface area contributed by atoms with Gasteiger partial charge in [-0.1, -0.05) is 6.08 Å². The number of rotatable bonds is 1. The molecule has 1 unspecified atom stereocenters. The third kappa shape index (κ3) is 2.31. The predicted octanol–water partition coefficient (Wildman–Crippen LogP) is 1.35. The zero-order valence-electron chi connectivity index (χ0n) is 8.30. The minimum atomic E-state index is -4.85. The predicted molar refractivity (Wildman–Crippen MR) is 47.2 cm³/mol. The molecule has 1 aliphatic heterocycles. The van der Waals surface area contributed by atoms with Crippen LogP contribution in [-0.4, -0.2) is 42.3 Å². The number of hydrogen-bond donors (Lipinski definition) is 0. The van der Waals surface area contributed by atoms with E-state index in [9.17, 15) is 18.0 Å². The maximum Gasteiger partial charge on any atom is 0.471 e. The summed E-state index contributed by atoms with van der Waals surface area (Å²) < 4.78 is 41.8. The van der Waals surface area contributed by atoms with Crippen molar-refractivity contribution < 1.29 is 22.7 Å². The summed E-state index contributed by atoms with van der Waals surface area (Å²) in [5, 5.41) is 0. The second kappa shape index (κ2) is 3.84. The van der Waals surface area contributed by atoms with E-state index >= 15 is 0 Å². The van der Waals surface area contributed by atoms with Crippen molar-refractivity contribution in [2.45, 2.75) is 18.6 Å². The number of hydrogen-bond acceptors (Lipinski definition) is 2. The van der Waals surface area contributed by atoms with Crippen molar-refractivity contribution >= 4 is 5.91 Å². The Kier molecular flexibility index (Phi) is 3.08. The third-order valence-corrected chi connectivity index (χ3v) is 2.40. The van der Waals surface area contributed by atoms with Crippen molar-refractivity contribution in [2.75, 3.05) is 19.8 Å². The molecule has 86 valence electrons. The van der Waals surface area contributed by atoms with Crippen LogP contribution in [0.1, 0.15) is 6.92 Å². The largest absolute Gasteiger partial charge is 0.471 e. The van der Waals surface area contributed by atoms with E-state index in [0.717, 1.165) is 4.90 Å². The van der Waals surface area contributed by atoms with Crippen molar-refractivity contribution in [1.29, 1.82) is 0 Å². The Morgan fingerprint density at radius 3 is 2.67 bits per heavy atom. The van der Waals surface area contributed by atoms with E-state index in [1.54, 1.807) is 0 Å². The normalized spacial score (nSPS) is 27.6. The summed E-state index contributed by atoms with van der Waals surface area (Å²) in [5.41, 5.74) is -1.08. The number of halogens is 3. The fraction of sp³-hybridized carbons (Fsp3) is 0.667. The Balaban J connectivity index is 2.91. The van der Waals surface area contributed by atoms with Crippen molar-refractivity contribution in [3.63, 3.8) is 0 Å². The van der Waals surface area contributed by atoms with Crippen LogP contribution < -0.4 is 0 Å². The number of amides is 1. The molecule has 15 heavy (non-hydrogen) atoms. The molecule has 1 amide bonds. The number of carbonyl (C=O) groups is 1. The van der Waals surface area contributed by atoms with Gasteiger partial charge in [-0.05, 0) is 6.92 Å². The molecule has 0 bridgehead atoms. The monoisotopic (exact) mass is 223 g/mol. The van der Waals surface area contributed by atoms with E-state index in [1.165, 1.54) is 13.0 Å². The molecule has 1 aliphatic rings. The third-order valence-electron chi connectivity index (χ3n) is 2.40. The first-order valence-electron chi connectivity index (χ1n) is 4.41. The van der Waals surface area contributed by atoms with Gasteiger partial charge in [0, 0.05) is 6.54 Å². The van der Waals surface area contributed by atoms with Crippen molar-refractivity contribution in [3.8, 4) is 0 Å². The highest BCUT2D eigenvalue weighted by atomic mass is 19.4. The van der Waals surface area contributed by atoms with Gasteiger partial charge in [0.05, 0.1) is 18.8 Å². The van der Waals surface area contributed by atoms with Gasteiger partial charge >= 0.3 is 12.1 Å². The molecule has 6 heteroatoms. The Morgan fingerprint density at radius 1 is 1.60 bits per heavy atom. The SMILES string of the molecule is C=CC1(C)COCCN1C(=O)C(F)(F)F. The fourth-order valence-electron chi connectivity index (χ4n) is 1.42. The van der Waals surface area contributed by atoms with Crippen LogP contribution in [0.15, 0.2) is 12.7 Å². The maximum absolute atomic E-state index is 12.2. The minimum absolute atomic E-state index is 0.0400. The van der Waals surface area contributed by atoms with Crippen molar-refractivity contribution in [1.82, 2.24) is 4.90 Å². The second-order valence-electron chi connectivity index (χ2n) is 3.57. The van der Waals surface area contributed by atoms with E-state index in [2.05, 4.69) is 6.58 Å². The van der Waals surface area contributed by atoms with Gasteiger partial charge in [0.25, 0.3) is 0 Å². The quantitative estimate of drug-likeness (QED) is 0.628. The van der Waals surface area contributed by atoms with Gasteiger partial charge in [0.1, 0.15) is 0 Å². The van der Waals surface area contributed by atoms with Gasteiger partial charge in [-0.25, -0.2) is 0 Å². The summed E-state index contributed by atoms with van der Waals surface area (Å²) in [4.78, 5) is 11.8. The Labute approximate surface area is 85.5 Å². The summed E-state index contributed by atoms with van der Waals surface area (Å²) >= 11 is 0. The molecule has 0 N–H and O–H groups in total. The first-order valence-corrected chi connectivity index (χ1v) is 4.41. The van der Waals surface area contributed by atoms with Crippen molar-refractivity contribution in [2.24, 2.45) is 0 Å². The van der Waals surface area contributed by atoms with Gasteiger partial charge in [0.15, 0.2) is 0 Å². The van der Waals surface area contributed by atoms with E-state index in [1.807, 2.05) is 0 Å². The van der Waals surface area contributed by atoms with Crippen LogP contribution in [0.4, 0.5) is 13.2 Å². The molecule has 0 aromatic carbocycles. The highest BCUT2D eigenvalue weighted by Crippen LogP contribution is 2.27. The highest BCUT2D eigenvalue weighted by Gasteiger charge is 2.48. The van der Waals surface area contributed by atoms with Gasteiger partial charge in [-0.2, -0.15) is 13.2 Å². The summed E-state index contributed by atoms with van der Waals surface area (Å²) in [6.07, 6.45) is -3.54. The topological polar surface area (TPSA) is 29.5 Å². The standard InChI is InChI=1S/C9H12F3NO2/c1-3-8(2)6-15-5-4-13(8)7(14)9(10,11)12/h3H,1,4-6H2,2H3. The summed E-state index contributed by atoms with van der Waals surface area (Å²) in [6.45, 7) is 5.01. The van der Waals surface area contributed by atoms with Crippen LogP contribution in [0.25, 0.3) is 0 Å². The summed E-state index contributed by atoms with van der Waals surface area (Å²) in [5.74, 6) is -1.84. The molecule has 1 rings (SSSR count). The molecule has 0 saturated carbocycles. The van der Waals surface area contributed by atoms with E-state index in [0.29, 0.717) is 0 Å². The molecule has 0 aromatic heterocycles. The summed E-state index contributed by atoms with van der Waals surface area (Å²) in [7, 11) is 0. The highest BCUT2D eigenvalue weighted by molar-refractivity contribution is 5.83. The number of ether oxygens (including phenoxy) is 1. The second-order valence-corrected chi connectivity index (χ2v) is 3.57. The Morgan fingerprint density at radius 2 is 2.20 bits per heavy atom. The van der Waals surface area contributed by atoms with Gasteiger partial charge < -0.3 is 9.64 Å². The number of carbonyl (C=O) groups excluding carboxylic acids is 1. The Hall–Kier alpha value is -1.04. The van der Waals surface area contributed by atoms with Crippen LogP contribution in [0.2, 0.25) is 0 Å². The van der Waals surface area contributed by atoms with Crippen LogP contribution in [-0.2, 0) is 9.53 Å². The average Bonchev–Trinajstić information content (AvgIpc) is 2.16. The van der Waals surface area contributed by atoms with Crippen LogP contribution >= 0.6 is 0 Å². The molecule has 0 spiro atoms. The molecule has 1 fully saturated rings. The Bertz CT molecular complexity index is 277. The zero-order valence-corrected chi connectivity index (χ0v) is 8.30. The first kappa shape index (κ1) is 12.0. The van der Waals surface area contributed by atoms with Gasteiger partial charge in [-0.15, -0.1) is 6.58 Å². The molecular weight excluding hydrogens is 211 g/mol. The van der Waals surface area contributed by atoms with E-state index in [-0.39, 0.29) is 19.8 Å². The summed E-state index contributed by atoms with van der Waals surface area (Å²) in [6, 6.07) is 0. The molecule has 0 aliphatic carbocycles. The van der Waals surface area contributed by atoms with E-state index < -0.39 is 17.6 Å². The lowest BCUT2D eigenvalue weighted by atomic mass is 9.99. The lowest BCUT2D eigenvalue weighted by Gasteiger charge is -2.42. The minimum Gasteiger partial charge on any atom is -0.377 e. The van der Waals surface area contributed by atoms with Crippen LogP contribution in [0, 0.1) is 0 Å². The van der Waals surface area contributed by atoms with Crippen molar-refractivity contribution in [3.05, 3.63) is 12.7 Å². The molecule has 1 atom stereocenters. The van der Waals surface area contributed by atoms with Gasteiger partial charge in [-0.3, -0.25) is 4.79 Å². The molecular formula is C9H12F3NO2. The lowest BCUT2D eigenvalue weighted by Crippen LogP contribution is -2.59. The molecule has 0 aromatic rings. The van der Waals surface area contributed by atoms with Crippen LogP contribution in [0.3, 0.4) is 0 Å². The average molecular weight is 223 g/mol. The molecule has 1 heterocycles. The maximum atomic E-state index is 12.2. The molecule has 0 radical (unpaired) electrons. The first-order chi connectivity index (χ1) is 6.81. The number of morpholine rings is 1. The zero-order chi connectivity index (χ0) is 11.7. The fourth-order valence-corrected chi connectivity index (χ4v) is 1.42. The van der Waals surface area contributed by atoms with E-state index in [4.69, 9.17) is 4.74 Å². The number of nitrogens with zero attached hydrogens (tertiary/aromatic N) is 1. The smallest absolute Gasteiger partial charge is 0.377 e. The lowest BCUT2D eigenvalue weighted by molar-refractivity contribution is -0.196. The number of alkyl halides is 3. The molecule has 1 saturated heterocycles. The van der Waals surface area contributed by atoms with Gasteiger partial charge in [0.2, 0.25) is 0 Å². The van der Waals surface area contributed by atoms with Crippen LogP contribution in [0.5, 0.6) is 0 Å².